The van der Waals surface area contributed by atoms with E-state index >= 15 is 0 Å². The third kappa shape index (κ3) is 9.81. The minimum atomic E-state index is -0.420. The molecule has 5 heteroatoms. The van der Waals surface area contributed by atoms with Gasteiger partial charge in [-0.25, -0.2) is 0 Å². The van der Waals surface area contributed by atoms with Gasteiger partial charge in [-0.2, -0.15) is 0 Å². The van der Waals surface area contributed by atoms with Gasteiger partial charge in [0.2, 0.25) is 11.8 Å². The summed E-state index contributed by atoms with van der Waals surface area (Å²) in [4.78, 5) is 22.2. The van der Waals surface area contributed by atoms with Crippen LogP contribution in [0, 0.1) is 5.41 Å². The first kappa shape index (κ1) is 15.9. The molecule has 100 valence electrons. The molecule has 2 amide bonds. The van der Waals surface area contributed by atoms with E-state index in [-0.39, 0.29) is 36.2 Å². The van der Waals surface area contributed by atoms with Crippen LogP contribution in [0.25, 0.3) is 0 Å². The molecule has 0 fully saturated rings. The highest BCUT2D eigenvalue weighted by atomic mass is 16.2. The van der Waals surface area contributed by atoms with Crippen LogP contribution in [0.4, 0.5) is 0 Å². The minimum Gasteiger partial charge on any atom is -0.370 e. The fourth-order valence-electron chi connectivity index (χ4n) is 1.78. The van der Waals surface area contributed by atoms with Crippen LogP contribution >= 0.6 is 0 Å². The fourth-order valence-corrected chi connectivity index (χ4v) is 1.78. The zero-order valence-electron chi connectivity index (χ0n) is 11.2. The maximum atomic E-state index is 11.6. The first-order chi connectivity index (χ1) is 7.60. The highest BCUT2D eigenvalue weighted by molar-refractivity contribution is 5.79. The third-order valence-electron chi connectivity index (χ3n) is 2.24. The van der Waals surface area contributed by atoms with Crippen molar-refractivity contribution in [2.45, 2.75) is 59.0 Å². The lowest BCUT2D eigenvalue weighted by Crippen LogP contribution is -2.39. The van der Waals surface area contributed by atoms with Gasteiger partial charge < -0.3 is 16.8 Å². The van der Waals surface area contributed by atoms with Gasteiger partial charge >= 0.3 is 0 Å². The molecular weight excluding hydrogens is 218 g/mol. The van der Waals surface area contributed by atoms with Crippen molar-refractivity contribution in [3.8, 4) is 0 Å². The standard InChI is InChI=1S/C12H25N3O2/c1-8(5-10(14)16)15-11(17)6-9(13)7-12(2,3)4/h8-9H,5-7,13H2,1-4H3,(H2,14,16)(H,15,17). The first-order valence-electron chi connectivity index (χ1n) is 5.93. The van der Waals surface area contributed by atoms with Crippen LogP contribution in [0.1, 0.15) is 47.0 Å². The van der Waals surface area contributed by atoms with E-state index in [0.29, 0.717) is 0 Å². The second-order valence-corrected chi connectivity index (χ2v) is 5.87. The number of amides is 2. The Balaban J connectivity index is 3.97. The maximum Gasteiger partial charge on any atom is 0.221 e. The maximum absolute atomic E-state index is 11.6. The molecule has 5 nitrogen and oxygen atoms in total. The van der Waals surface area contributed by atoms with Gasteiger partial charge in [0.25, 0.3) is 0 Å². The van der Waals surface area contributed by atoms with Gasteiger partial charge in [0.05, 0.1) is 0 Å². The smallest absolute Gasteiger partial charge is 0.221 e. The Morgan fingerprint density at radius 3 is 2.18 bits per heavy atom. The van der Waals surface area contributed by atoms with Crippen molar-refractivity contribution in [1.82, 2.24) is 5.32 Å². The van der Waals surface area contributed by atoms with E-state index in [2.05, 4.69) is 26.1 Å². The van der Waals surface area contributed by atoms with Crippen LogP contribution in [0.5, 0.6) is 0 Å². The summed E-state index contributed by atoms with van der Waals surface area (Å²) in [6.45, 7) is 8.00. The summed E-state index contributed by atoms with van der Waals surface area (Å²) in [5.41, 5.74) is 11.0. The SMILES string of the molecule is CC(CC(N)=O)NC(=O)CC(N)CC(C)(C)C. The number of carbonyl (C=O) groups excluding carboxylic acids is 2. The van der Waals surface area contributed by atoms with Gasteiger partial charge in [0.1, 0.15) is 0 Å². The number of nitrogens with two attached hydrogens (primary N) is 2. The monoisotopic (exact) mass is 243 g/mol. The molecule has 0 aliphatic heterocycles. The predicted octanol–water partition coefficient (Wildman–Crippen LogP) is 0.520. The van der Waals surface area contributed by atoms with E-state index in [0.717, 1.165) is 6.42 Å². The lowest BCUT2D eigenvalue weighted by atomic mass is 9.87. The lowest BCUT2D eigenvalue weighted by molar-refractivity contribution is -0.122. The number of carbonyl (C=O) groups is 2. The Morgan fingerprint density at radius 2 is 1.76 bits per heavy atom. The summed E-state index contributed by atoms with van der Waals surface area (Å²) in [5.74, 6) is -0.549. The molecule has 0 aliphatic rings. The molecule has 0 aromatic rings. The van der Waals surface area contributed by atoms with E-state index < -0.39 is 5.91 Å². The van der Waals surface area contributed by atoms with Gasteiger partial charge in [-0.1, -0.05) is 20.8 Å². The van der Waals surface area contributed by atoms with Crippen molar-refractivity contribution >= 4 is 11.8 Å². The van der Waals surface area contributed by atoms with Gasteiger partial charge in [-0.15, -0.1) is 0 Å². The molecule has 0 aliphatic carbocycles. The number of primary amides is 1. The van der Waals surface area contributed by atoms with E-state index in [9.17, 15) is 9.59 Å². The van der Waals surface area contributed by atoms with Crippen LogP contribution in [-0.2, 0) is 9.59 Å². The topological polar surface area (TPSA) is 98.2 Å². The third-order valence-corrected chi connectivity index (χ3v) is 2.24. The molecule has 17 heavy (non-hydrogen) atoms. The Hall–Kier alpha value is -1.10. The Kier molecular flexibility index (Phi) is 6.16. The summed E-state index contributed by atoms with van der Waals surface area (Å²) in [7, 11) is 0. The second kappa shape index (κ2) is 6.59. The van der Waals surface area contributed by atoms with Crippen molar-refractivity contribution in [2.75, 3.05) is 0 Å². The van der Waals surface area contributed by atoms with Gasteiger partial charge in [0.15, 0.2) is 0 Å². The normalized spacial score (nSPS) is 15.1. The minimum absolute atomic E-state index is 0.110. The average Bonchev–Trinajstić information content (AvgIpc) is 1.95. The largest absolute Gasteiger partial charge is 0.370 e. The molecule has 0 rings (SSSR count). The van der Waals surface area contributed by atoms with E-state index in [1.807, 2.05) is 0 Å². The average molecular weight is 243 g/mol. The summed E-state index contributed by atoms with van der Waals surface area (Å²) < 4.78 is 0. The van der Waals surface area contributed by atoms with E-state index in [1.165, 1.54) is 0 Å². The summed E-state index contributed by atoms with van der Waals surface area (Å²) >= 11 is 0. The van der Waals surface area contributed by atoms with Crippen molar-refractivity contribution in [3.05, 3.63) is 0 Å². The van der Waals surface area contributed by atoms with Crippen LogP contribution < -0.4 is 16.8 Å². The number of rotatable bonds is 6. The quantitative estimate of drug-likeness (QED) is 0.634. The number of hydrogen-bond acceptors (Lipinski definition) is 3. The van der Waals surface area contributed by atoms with Crippen molar-refractivity contribution in [1.29, 1.82) is 0 Å². The molecule has 0 aromatic heterocycles. The van der Waals surface area contributed by atoms with Crippen molar-refractivity contribution < 1.29 is 9.59 Å². The van der Waals surface area contributed by atoms with Crippen LogP contribution in [0.2, 0.25) is 0 Å². The van der Waals surface area contributed by atoms with Crippen LogP contribution in [0.3, 0.4) is 0 Å². The predicted molar refractivity (Wildman–Crippen MR) is 68.1 cm³/mol. The number of nitrogens with one attached hydrogen (secondary N) is 1. The molecule has 0 radical (unpaired) electrons. The summed E-state index contributed by atoms with van der Waals surface area (Å²) in [5, 5.41) is 2.71. The lowest BCUT2D eigenvalue weighted by Gasteiger charge is -2.23. The fraction of sp³-hybridized carbons (Fsp3) is 0.833. The van der Waals surface area contributed by atoms with Gasteiger partial charge in [0, 0.05) is 24.9 Å². The molecule has 2 atom stereocenters. The zero-order valence-corrected chi connectivity index (χ0v) is 11.2. The summed E-state index contributed by atoms with van der Waals surface area (Å²) in [6.07, 6.45) is 1.21. The van der Waals surface area contributed by atoms with Crippen LogP contribution in [0.15, 0.2) is 0 Å². The Bertz CT molecular complexity index is 271. The molecular formula is C12H25N3O2. The van der Waals surface area contributed by atoms with E-state index in [1.54, 1.807) is 6.92 Å². The van der Waals surface area contributed by atoms with E-state index in [4.69, 9.17) is 11.5 Å². The molecule has 0 saturated heterocycles. The highest BCUT2D eigenvalue weighted by Gasteiger charge is 2.19. The first-order valence-corrected chi connectivity index (χ1v) is 5.93. The van der Waals surface area contributed by atoms with Gasteiger partial charge in [-0.3, -0.25) is 9.59 Å². The number of hydrogen-bond donors (Lipinski definition) is 3. The molecule has 0 bridgehead atoms. The van der Waals surface area contributed by atoms with Crippen molar-refractivity contribution in [2.24, 2.45) is 16.9 Å². The molecule has 0 aromatic carbocycles. The summed E-state index contributed by atoms with van der Waals surface area (Å²) in [6, 6.07) is -0.391. The van der Waals surface area contributed by atoms with Gasteiger partial charge in [-0.05, 0) is 18.8 Å². The molecule has 0 spiro atoms. The molecule has 0 heterocycles. The molecule has 2 unspecified atom stereocenters. The second-order valence-electron chi connectivity index (χ2n) is 5.87. The Labute approximate surface area is 103 Å². The molecule has 5 N–H and O–H groups in total. The zero-order chi connectivity index (χ0) is 13.6. The van der Waals surface area contributed by atoms with Crippen molar-refractivity contribution in [3.63, 3.8) is 0 Å². The molecule has 0 saturated carbocycles. The Morgan fingerprint density at radius 1 is 1.24 bits per heavy atom. The van der Waals surface area contributed by atoms with Crippen LogP contribution in [-0.4, -0.2) is 23.9 Å². The highest BCUT2D eigenvalue weighted by Crippen LogP contribution is 2.20.